The molecule has 1 aliphatic heterocycles. The third kappa shape index (κ3) is 6.14. The van der Waals surface area contributed by atoms with Crippen LogP contribution < -0.4 is 10.1 Å². The summed E-state index contributed by atoms with van der Waals surface area (Å²) in [5.74, 6) is 1.28. The average Bonchev–Trinajstić information content (AvgIpc) is 3.56. The van der Waals surface area contributed by atoms with Gasteiger partial charge in [0.1, 0.15) is 5.75 Å². The van der Waals surface area contributed by atoms with Crippen LogP contribution in [0.3, 0.4) is 0 Å². The van der Waals surface area contributed by atoms with Crippen LogP contribution in [0.25, 0.3) is 22.4 Å². The number of amides is 1. The number of nitrogens with one attached hydrogen (secondary N) is 2. The van der Waals surface area contributed by atoms with Gasteiger partial charge in [0, 0.05) is 11.3 Å². The number of esters is 1. The Balaban J connectivity index is 0.000000187. The van der Waals surface area contributed by atoms with Gasteiger partial charge in [-0.1, -0.05) is 43.8 Å². The van der Waals surface area contributed by atoms with Crippen LogP contribution in [0.1, 0.15) is 26.8 Å². The molecule has 0 fully saturated rings. The van der Waals surface area contributed by atoms with Crippen molar-refractivity contribution in [2.45, 2.75) is 32.0 Å². The zero-order valence-corrected chi connectivity index (χ0v) is 23.2. The van der Waals surface area contributed by atoms with E-state index < -0.39 is 11.9 Å². The molecule has 0 saturated carbocycles. The van der Waals surface area contributed by atoms with Crippen LogP contribution in [0.4, 0.5) is 5.95 Å². The maximum absolute atomic E-state index is 12.4. The van der Waals surface area contributed by atoms with E-state index in [0.29, 0.717) is 5.95 Å². The van der Waals surface area contributed by atoms with Crippen molar-refractivity contribution in [1.29, 1.82) is 0 Å². The van der Waals surface area contributed by atoms with E-state index >= 15 is 0 Å². The molecule has 2 aromatic heterocycles. The van der Waals surface area contributed by atoms with Crippen molar-refractivity contribution in [3.8, 4) is 17.1 Å². The molecular weight excluding hydrogens is 516 g/mol. The van der Waals surface area contributed by atoms with E-state index in [1.807, 2.05) is 73.0 Å². The second-order valence-corrected chi connectivity index (χ2v) is 10.0. The number of carbonyl (C=O) groups is 2. The first-order valence-corrected chi connectivity index (χ1v) is 13.6. The number of benzene rings is 2. The topological polar surface area (TPSA) is 124 Å². The Kier molecular flexibility index (Phi) is 9.03. The number of ether oxygens (including phenoxy) is 2. The average molecular weight is 549 g/mol. The summed E-state index contributed by atoms with van der Waals surface area (Å²) in [6.45, 7) is 9.64. The fourth-order valence-corrected chi connectivity index (χ4v) is 4.94. The number of H-pyrrole nitrogens is 1. The smallest absolute Gasteiger partial charge is 0.320 e. The highest BCUT2D eigenvalue weighted by Gasteiger charge is 2.44. The Morgan fingerprint density at radius 2 is 1.92 bits per heavy atom. The number of carbonyl (C=O) groups excluding carboxylic acids is 2. The predicted molar refractivity (Wildman–Crippen MR) is 152 cm³/mol. The molecule has 2 atom stereocenters. The molecule has 2 N–H and O–H groups in total. The zero-order chi connectivity index (χ0) is 27.9. The maximum atomic E-state index is 12.4. The summed E-state index contributed by atoms with van der Waals surface area (Å²) < 4.78 is 12.2. The molecule has 2 aromatic carbocycles. The molecule has 39 heavy (non-hydrogen) atoms. The molecular formula is C28H32N6O4S. The van der Waals surface area contributed by atoms with E-state index in [1.54, 1.807) is 25.8 Å². The number of methoxy groups -OCH3 is 1. The van der Waals surface area contributed by atoms with Crippen molar-refractivity contribution in [2.75, 3.05) is 24.8 Å². The number of aromatic amines is 1. The fourth-order valence-electron chi connectivity index (χ4n) is 4.41. The molecule has 2 unspecified atom stereocenters. The standard InChI is InChI=1S/C16H19N3O3.C12H13N3OS/c1-4-22-15(21)12-13(9(2)3)19-11-8-6-5-7-10(11)17-16(19)18-14(12)20;1-3-8-17-12-13-11(14-15-12)9-4-6-10(16-2)7-5-9/h5-9,12-13H,4H2,1-3H3,(H,17,18,20);3-7H,1,8H2,2H3,(H,13,14,15). The summed E-state index contributed by atoms with van der Waals surface area (Å²) in [6, 6.07) is 15.0. The first kappa shape index (κ1) is 27.9. The van der Waals surface area contributed by atoms with E-state index in [0.717, 1.165) is 39.1 Å². The highest BCUT2D eigenvalue weighted by Crippen LogP contribution is 2.38. The van der Waals surface area contributed by atoms with Gasteiger partial charge in [0.05, 0.1) is 30.8 Å². The number of thioether (sulfide) groups is 1. The molecule has 3 heterocycles. The molecule has 11 heteroatoms. The van der Waals surface area contributed by atoms with Gasteiger partial charge in [-0.3, -0.25) is 20.0 Å². The molecule has 0 spiro atoms. The molecule has 0 saturated heterocycles. The minimum atomic E-state index is -0.856. The largest absolute Gasteiger partial charge is 0.497 e. The molecule has 0 radical (unpaired) electrons. The van der Waals surface area contributed by atoms with Crippen LogP contribution in [0.5, 0.6) is 5.75 Å². The van der Waals surface area contributed by atoms with Crippen molar-refractivity contribution in [1.82, 2.24) is 24.7 Å². The third-order valence-corrected chi connectivity index (χ3v) is 6.98. The molecule has 4 aromatic rings. The fraction of sp³-hybridized carbons (Fsp3) is 0.321. The molecule has 0 aliphatic carbocycles. The normalized spacial score (nSPS) is 16.2. The number of imidazole rings is 1. The first-order chi connectivity index (χ1) is 18.9. The van der Waals surface area contributed by atoms with E-state index in [1.165, 1.54) is 0 Å². The van der Waals surface area contributed by atoms with Crippen LogP contribution >= 0.6 is 11.8 Å². The molecule has 1 amide bonds. The molecule has 0 bridgehead atoms. The van der Waals surface area contributed by atoms with Gasteiger partial charge in [-0.15, -0.1) is 11.7 Å². The second-order valence-electron chi connectivity index (χ2n) is 9.04. The van der Waals surface area contributed by atoms with Gasteiger partial charge in [0.25, 0.3) is 0 Å². The number of rotatable bonds is 8. The van der Waals surface area contributed by atoms with Crippen LogP contribution in [-0.2, 0) is 14.3 Å². The number of aromatic nitrogens is 5. The Morgan fingerprint density at radius 3 is 2.59 bits per heavy atom. The predicted octanol–water partition coefficient (Wildman–Crippen LogP) is 5.12. The van der Waals surface area contributed by atoms with Crippen LogP contribution in [0.2, 0.25) is 0 Å². The van der Waals surface area contributed by atoms with Crippen molar-refractivity contribution < 1.29 is 19.1 Å². The van der Waals surface area contributed by atoms with Gasteiger partial charge >= 0.3 is 5.97 Å². The van der Waals surface area contributed by atoms with Crippen molar-refractivity contribution in [3.05, 3.63) is 61.2 Å². The van der Waals surface area contributed by atoms with Crippen LogP contribution in [0.15, 0.2) is 66.3 Å². The summed E-state index contributed by atoms with van der Waals surface area (Å²) in [4.78, 5) is 33.5. The number of anilines is 1. The minimum Gasteiger partial charge on any atom is -0.497 e. The van der Waals surface area contributed by atoms with Gasteiger partial charge in [-0.2, -0.15) is 0 Å². The summed E-state index contributed by atoms with van der Waals surface area (Å²) in [6.07, 6.45) is 1.83. The SMILES string of the molecule is C=CCSc1n[nH]c(-c2ccc(OC)cc2)n1.CCOC(=O)C1C(=O)Nc2nc3ccccc3n2C1C(C)C. The van der Waals surface area contributed by atoms with E-state index in [4.69, 9.17) is 9.47 Å². The van der Waals surface area contributed by atoms with Crippen LogP contribution in [0, 0.1) is 11.8 Å². The number of para-hydroxylation sites is 2. The number of fused-ring (bicyclic) bond motifs is 3. The number of hydrogen-bond donors (Lipinski definition) is 2. The minimum absolute atomic E-state index is 0.0804. The number of nitrogens with zero attached hydrogens (tertiary/aromatic N) is 4. The molecule has 5 rings (SSSR count). The third-order valence-electron chi connectivity index (χ3n) is 6.14. The lowest BCUT2D eigenvalue weighted by molar-refractivity contribution is -0.154. The van der Waals surface area contributed by atoms with E-state index in [2.05, 4.69) is 32.1 Å². The first-order valence-electron chi connectivity index (χ1n) is 12.6. The van der Waals surface area contributed by atoms with Gasteiger partial charge < -0.3 is 14.0 Å². The zero-order valence-electron chi connectivity index (χ0n) is 22.4. The summed E-state index contributed by atoms with van der Waals surface area (Å²) in [5, 5.41) is 10.5. The molecule has 10 nitrogen and oxygen atoms in total. The summed E-state index contributed by atoms with van der Waals surface area (Å²) in [7, 11) is 1.65. The highest BCUT2D eigenvalue weighted by atomic mass is 32.2. The maximum Gasteiger partial charge on any atom is 0.320 e. The van der Waals surface area contributed by atoms with Gasteiger partial charge in [-0.05, 0) is 49.2 Å². The number of hydrogen-bond acceptors (Lipinski definition) is 8. The lowest BCUT2D eigenvalue weighted by Crippen LogP contribution is -2.44. The summed E-state index contributed by atoms with van der Waals surface area (Å²) in [5.41, 5.74) is 2.70. The lowest BCUT2D eigenvalue weighted by atomic mass is 9.88. The van der Waals surface area contributed by atoms with E-state index in [-0.39, 0.29) is 24.5 Å². The molecule has 204 valence electrons. The Labute approximate surface area is 231 Å². The van der Waals surface area contributed by atoms with Gasteiger partial charge in [0.15, 0.2) is 11.7 Å². The Morgan fingerprint density at radius 1 is 1.18 bits per heavy atom. The second kappa shape index (κ2) is 12.6. The monoisotopic (exact) mass is 548 g/mol. The Bertz CT molecular complexity index is 1450. The van der Waals surface area contributed by atoms with Gasteiger partial charge in [-0.25, -0.2) is 9.97 Å². The summed E-state index contributed by atoms with van der Waals surface area (Å²) >= 11 is 1.55. The highest BCUT2D eigenvalue weighted by molar-refractivity contribution is 7.99. The van der Waals surface area contributed by atoms with Gasteiger partial charge in [0.2, 0.25) is 17.0 Å². The van der Waals surface area contributed by atoms with Crippen LogP contribution in [-0.4, -0.2) is 56.1 Å². The lowest BCUT2D eigenvalue weighted by Gasteiger charge is -2.34. The van der Waals surface area contributed by atoms with Crippen molar-refractivity contribution in [2.24, 2.45) is 11.8 Å². The van der Waals surface area contributed by atoms with Crippen molar-refractivity contribution in [3.63, 3.8) is 0 Å². The quantitative estimate of drug-likeness (QED) is 0.135. The van der Waals surface area contributed by atoms with E-state index in [9.17, 15) is 9.59 Å². The Hall–Kier alpha value is -4.12. The molecule has 1 aliphatic rings. The van der Waals surface area contributed by atoms with Crippen molar-refractivity contribution >= 4 is 40.6 Å².